The third kappa shape index (κ3) is 4.41. The molecule has 5 rings (SSSR count). The monoisotopic (exact) mass is 518 g/mol. The standard InChI is InChI=1S/C30H27FO7/c1-3-34-28(32)30(29(33)35-4-2)23(16-19-8-6-5-7-9-19)26(21-12-15-24-25(17-21)37-18-36-24)38-27(30)20-10-13-22(31)14-11-20/h5-17,26-27H,3-4,18H2,1-2H3/b23-16+. The highest BCUT2D eigenvalue weighted by atomic mass is 19.1. The van der Waals surface area contributed by atoms with Crippen LogP contribution in [0, 0.1) is 11.2 Å². The minimum Gasteiger partial charge on any atom is -0.465 e. The SMILES string of the molecule is CCOC(=O)C1(C(=O)OCC)/C(=C/c2ccccc2)C(c2ccc3c(c2)OCO3)OC1c1ccc(F)cc1. The van der Waals surface area contributed by atoms with Crippen molar-refractivity contribution in [2.24, 2.45) is 5.41 Å². The van der Waals surface area contributed by atoms with Crippen molar-refractivity contribution in [3.05, 3.63) is 101 Å². The Kier molecular flexibility index (Phi) is 7.15. The van der Waals surface area contributed by atoms with E-state index in [-0.39, 0.29) is 20.0 Å². The Morgan fingerprint density at radius 1 is 0.895 bits per heavy atom. The van der Waals surface area contributed by atoms with Crippen molar-refractivity contribution in [2.75, 3.05) is 20.0 Å². The summed E-state index contributed by atoms with van der Waals surface area (Å²) in [6, 6.07) is 20.1. The first kappa shape index (κ1) is 25.5. The molecule has 2 atom stereocenters. The maximum atomic E-state index is 13.9. The summed E-state index contributed by atoms with van der Waals surface area (Å²) in [5.74, 6) is -0.973. The molecular formula is C30H27FO7. The predicted molar refractivity (Wildman–Crippen MR) is 136 cm³/mol. The Hall–Kier alpha value is -4.17. The maximum Gasteiger partial charge on any atom is 0.330 e. The average Bonchev–Trinajstić information content (AvgIpc) is 3.53. The van der Waals surface area contributed by atoms with Gasteiger partial charge in [-0.25, -0.2) is 4.39 Å². The van der Waals surface area contributed by atoms with Crippen LogP contribution in [0.25, 0.3) is 6.08 Å². The molecule has 0 amide bonds. The van der Waals surface area contributed by atoms with Crippen LogP contribution in [0.2, 0.25) is 0 Å². The highest BCUT2D eigenvalue weighted by Gasteiger charge is 2.65. The molecule has 0 bridgehead atoms. The Balaban J connectivity index is 1.78. The minimum atomic E-state index is -2.00. The largest absolute Gasteiger partial charge is 0.465 e. The van der Waals surface area contributed by atoms with Crippen molar-refractivity contribution >= 4 is 18.0 Å². The van der Waals surface area contributed by atoms with Crippen LogP contribution in [-0.4, -0.2) is 31.9 Å². The zero-order valence-corrected chi connectivity index (χ0v) is 21.0. The van der Waals surface area contributed by atoms with E-state index in [2.05, 4.69) is 0 Å². The van der Waals surface area contributed by atoms with Crippen molar-refractivity contribution in [1.29, 1.82) is 0 Å². The van der Waals surface area contributed by atoms with Crippen molar-refractivity contribution in [2.45, 2.75) is 26.1 Å². The van der Waals surface area contributed by atoms with E-state index in [1.54, 1.807) is 38.1 Å². The van der Waals surface area contributed by atoms with Gasteiger partial charge in [0.05, 0.1) is 13.2 Å². The number of carbonyl (C=O) groups is 2. The van der Waals surface area contributed by atoms with Crippen LogP contribution in [0.1, 0.15) is 42.7 Å². The third-order valence-corrected chi connectivity index (χ3v) is 6.59. The molecule has 3 aromatic rings. The third-order valence-electron chi connectivity index (χ3n) is 6.59. The van der Waals surface area contributed by atoms with E-state index in [1.165, 1.54) is 24.3 Å². The van der Waals surface area contributed by atoms with E-state index in [0.717, 1.165) is 5.56 Å². The molecular weight excluding hydrogens is 491 g/mol. The van der Waals surface area contributed by atoms with Gasteiger partial charge in [-0.05, 0) is 60.4 Å². The molecule has 0 aromatic heterocycles. The fourth-order valence-corrected chi connectivity index (χ4v) is 4.91. The number of hydrogen-bond donors (Lipinski definition) is 0. The molecule has 196 valence electrons. The smallest absolute Gasteiger partial charge is 0.330 e. The molecule has 38 heavy (non-hydrogen) atoms. The molecule has 3 aromatic carbocycles. The van der Waals surface area contributed by atoms with E-state index >= 15 is 0 Å². The maximum absolute atomic E-state index is 13.9. The molecule has 2 aliphatic rings. The second-order valence-corrected chi connectivity index (χ2v) is 8.82. The number of benzene rings is 3. The summed E-state index contributed by atoms with van der Waals surface area (Å²) in [5, 5.41) is 0. The van der Waals surface area contributed by atoms with Gasteiger partial charge in [0.1, 0.15) is 18.0 Å². The molecule has 0 spiro atoms. The first-order valence-electron chi connectivity index (χ1n) is 12.4. The summed E-state index contributed by atoms with van der Waals surface area (Å²) >= 11 is 0. The van der Waals surface area contributed by atoms with E-state index in [9.17, 15) is 14.0 Å². The summed E-state index contributed by atoms with van der Waals surface area (Å²) in [6.45, 7) is 3.47. The second kappa shape index (κ2) is 10.7. The zero-order chi connectivity index (χ0) is 26.7. The van der Waals surface area contributed by atoms with Crippen LogP contribution < -0.4 is 9.47 Å². The van der Waals surface area contributed by atoms with Gasteiger partial charge in [-0.15, -0.1) is 0 Å². The number of fused-ring (bicyclic) bond motifs is 1. The summed E-state index contributed by atoms with van der Waals surface area (Å²) in [5.41, 5.74) is 0.151. The molecule has 2 heterocycles. The molecule has 0 saturated carbocycles. The van der Waals surface area contributed by atoms with Gasteiger partial charge in [-0.1, -0.05) is 54.6 Å². The lowest BCUT2D eigenvalue weighted by molar-refractivity contribution is -0.174. The second-order valence-electron chi connectivity index (χ2n) is 8.82. The summed E-state index contributed by atoms with van der Waals surface area (Å²) in [4.78, 5) is 27.9. The van der Waals surface area contributed by atoms with Crippen molar-refractivity contribution in [3.63, 3.8) is 0 Å². The highest BCUT2D eigenvalue weighted by molar-refractivity contribution is 6.06. The van der Waals surface area contributed by atoms with Crippen LogP contribution in [0.4, 0.5) is 4.39 Å². The number of halogens is 1. The number of hydrogen-bond acceptors (Lipinski definition) is 7. The van der Waals surface area contributed by atoms with Crippen LogP contribution in [0.3, 0.4) is 0 Å². The van der Waals surface area contributed by atoms with E-state index in [1.807, 2.05) is 30.3 Å². The van der Waals surface area contributed by atoms with Crippen LogP contribution in [-0.2, 0) is 23.8 Å². The van der Waals surface area contributed by atoms with E-state index in [4.69, 9.17) is 23.7 Å². The van der Waals surface area contributed by atoms with Crippen molar-refractivity contribution in [1.82, 2.24) is 0 Å². The Labute approximate surface area is 219 Å². The topological polar surface area (TPSA) is 80.3 Å². The number of esters is 2. The molecule has 2 aliphatic heterocycles. The fraction of sp³-hybridized carbons (Fsp3) is 0.267. The lowest BCUT2D eigenvalue weighted by Crippen LogP contribution is -2.45. The van der Waals surface area contributed by atoms with Crippen LogP contribution in [0.5, 0.6) is 11.5 Å². The Morgan fingerprint density at radius 2 is 1.53 bits per heavy atom. The molecule has 7 nitrogen and oxygen atoms in total. The number of rotatable bonds is 7. The van der Waals surface area contributed by atoms with Crippen molar-refractivity contribution < 1.29 is 37.7 Å². The number of ether oxygens (including phenoxy) is 5. The summed E-state index contributed by atoms with van der Waals surface area (Å²) in [7, 11) is 0. The molecule has 0 radical (unpaired) electrons. The van der Waals surface area contributed by atoms with E-state index in [0.29, 0.717) is 28.2 Å². The van der Waals surface area contributed by atoms with Gasteiger partial charge < -0.3 is 23.7 Å². The first-order chi connectivity index (χ1) is 18.5. The van der Waals surface area contributed by atoms with Gasteiger partial charge in [0, 0.05) is 0 Å². The van der Waals surface area contributed by atoms with Crippen LogP contribution >= 0.6 is 0 Å². The lowest BCUT2D eigenvalue weighted by Gasteiger charge is -2.31. The molecule has 0 aliphatic carbocycles. The molecule has 1 saturated heterocycles. The van der Waals surface area contributed by atoms with Gasteiger partial charge in [0.15, 0.2) is 11.5 Å². The quantitative estimate of drug-likeness (QED) is 0.299. The Morgan fingerprint density at radius 3 is 2.18 bits per heavy atom. The van der Waals surface area contributed by atoms with Gasteiger partial charge in [0.25, 0.3) is 0 Å². The van der Waals surface area contributed by atoms with Gasteiger partial charge in [0.2, 0.25) is 12.2 Å². The average molecular weight is 519 g/mol. The molecule has 0 N–H and O–H groups in total. The van der Waals surface area contributed by atoms with Crippen molar-refractivity contribution in [3.8, 4) is 11.5 Å². The first-order valence-corrected chi connectivity index (χ1v) is 12.4. The zero-order valence-electron chi connectivity index (χ0n) is 21.0. The molecule has 1 fully saturated rings. The summed E-state index contributed by atoms with van der Waals surface area (Å²) in [6.07, 6.45) is -0.271. The van der Waals surface area contributed by atoms with Gasteiger partial charge in [-0.2, -0.15) is 0 Å². The van der Waals surface area contributed by atoms with Gasteiger partial charge >= 0.3 is 11.9 Å². The molecule has 2 unspecified atom stereocenters. The summed E-state index contributed by atoms with van der Waals surface area (Å²) < 4.78 is 42.6. The lowest BCUT2D eigenvalue weighted by atomic mass is 9.71. The normalized spacial score (nSPS) is 20.3. The van der Waals surface area contributed by atoms with Crippen LogP contribution in [0.15, 0.2) is 78.4 Å². The minimum absolute atomic E-state index is 0.0312. The highest BCUT2D eigenvalue weighted by Crippen LogP contribution is 2.59. The number of carbonyl (C=O) groups excluding carboxylic acids is 2. The fourth-order valence-electron chi connectivity index (χ4n) is 4.91. The van der Waals surface area contributed by atoms with Gasteiger partial charge in [-0.3, -0.25) is 9.59 Å². The molecule has 8 heteroatoms. The van der Waals surface area contributed by atoms with E-state index < -0.39 is 35.4 Å². The predicted octanol–water partition coefficient (Wildman–Crippen LogP) is 5.56. The Bertz CT molecular complexity index is 1330.